The van der Waals surface area contributed by atoms with Crippen LogP contribution >= 0.6 is 0 Å². The number of benzene rings is 1. The topological polar surface area (TPSA) is 202 Å². The van der Waals surface area contributed by atoms with Gasteiger partial charge in [-0.25, -0.2) is 4.39 Å². The lowest BCUT2D eigenvalue weighted by Crippen LogP contribution is -2.62. The van der Waals surface area contributed by atoms with Gasteiger partial charge in [0.15, 0.2) is 6.29 Å². The van der Waals surface area contributed by atoms with Gasteiger partial charge in [-0.1, -0.05) is 45.0 Å². The predicted molar refractivity (Wildman–Crippen MR) is 246 cm³/mol. The van der Waals surface area contributed by atoms with Gasteiger partial charge in [-0.3, -0.25) is 9.48 Å². The van der Waals surface area contributed by atoms with E-state index in [0.29, 0.717) is 38.9 Å². The van der Waals surface area contributed by atoms with Gasteiger partial charge in [0, 0.05) is 63.8 Å². The molecule has 5 rings (SSSR count). The van der Waals surface area contributed by atoms with Crippen LogP contribution < -0.4 is 0 Å². The average molecular weight is 936 g/mol. The molecule has 2 aromatic rings. The highest BCUT2D eigenvalue weighted by Gasteiger charge is 2.55. The van der Waals surface area contributed by atoms with Crippen LogP contribution in [0.15, 0.2) is 30.5 Å². The molecule has 3 fully saturated rings. The summed E-state index contributed by atoms with van der Waals surface area (Å²) in [5.74, 6) is -3.40. The van der Waals surface area contributed by atoms with Gasteiger partial charge in [-0.15, -0.1) is 5.10 Å². The Labute approximate surface area is 392 Å². The molecule has 17 heteroatoms. The zero-order valence-corrected chi connectivity index (χ0v) is 41.7. The van der Waals surface area contributed by atoms with Gasteiger partial charge in [0.05, 0.1) is 47.2 Å². The predicted octanol–water partition coefficient (Wildman–Crippen LogP) is 3.76. The summed E-state index contributed by atoms with van der Waals surface area (Å²) in [6, 6.07) is 5.46. The van der Waals surface area contributed by atoms with Gasteiger partial charge >= 0.3 is 5.97 Å². The van der Waals surface area contributed by atoms with E-state index in [1.54, 1.807) is 44.5 Å². The van der Waals surface area contributed by atoms with Gasteiger partial charge in [0.1, 0.15) is 35.8 Å². The Kier molecular flexibility index (Phi) is 18.4. The SMILES string of the molecule is CC[C@H]1OC(=O)[C@H](C)[C@@H](C2C[C@@](C)(OC)[C@@H](O)[C@H](C)O2)[C@H](C)[C@@H](O[C@@H]2O[C@H](C)C[C@H](N(C)CCc3cn(CCc4ccc(F)cc4)nn3)[C@H]2O)[C@](C)(O)C[C@@H](C)CN(C)[C@H](C)[C@@H](O)[C@]1(C)O. The number of hydrogen-bond acceptors (Lipinski definition) is 15. The summed E-state index contributed by atoms with van der Waals surface area (Å²) in [5.41, 5.74) is -2.66. The van der Waals surface area contributed by atoms with Crippen molar-refractivity contribution in [1.29, 1.82) is 0 Å². The minimum absolute atomic E-state index is 0.169. The quantitative estimate of drug-likeness (QED) is 0.193. The fourth-order valence-corrected chi connectivity index (χ4v) is 11.1. The van der Waals surface area contributed by atoms with Crippen molar-refractivity contribution < 1.29 is 58.4 Å². The Morgan fingerprint density at radius 3 is 2.27 bits per heavy atom. The number of aliphatic hydroxyl groups is 5. The van der Waals surface area contributed by atoms with Crippen LogP contribution in [-0.2, 0) is 47.9 Å². The number of carbonyl (C=O) groups is 1. The molecule has 3 aliphatic rings. The van der Waals surface area contributed by atoms with Crippen molar-refractivity contribution in [3.05, 3.63) is 47.5 Å². The highest BCUT2D eigenvalue weighted by molar-refractivity contribution is 5.73. The highest BCUT2D eigenvalue weighted by Crippen LogP contribution is 2.45. The zero-order chi connectivity index (χ0) is 49.1. The number of aromatic nitrogens is 3. The number of nitrogens with zero attached hydrogens (tertiary/aromatic N) is 5. The molecule has 0 saturated carbocycles. The summed E-state index contributed by atoms with van der Waals surface area (Å²) in [5, 5.41) is 68.5. The number of methoxy groups -OCH3 is 1. The lowest BCUT2D eigenvalue weighted by molar-refractivity contribution is -0.302. The Morgan fingerprint density at radius 2 is 1.64 bits per heavy atom. The van der Waals surface area contributed by atoms with Crippen molar-refractivity contribution in [1.82, 2.24) is 24.8 Å². The van der Waals surface area contributed by atoms with E-state index in [4.69, 9.17) is 23.7 Å². The number of rotatable bonds is 12. The van der Waals surface area contributed by atoms with Gasteiger partial charge < -0.3 is 59.0 Å². The van der Waals surface area contributed by atoms with E-state index < -0.39 is 102 Å². The summed E-state index contributed by atoms with van der Waals surface area (Å²) >= 11 is 0. The Morgan fingerprint density at radius 1 is 0.970 bits per heavy atom. The maximum absolute atomic E-state index is 14.6. The first-order valence-electron chi connectivity index (χ1n) is 24.1. The molecule has 0 radical (unpaired) electrons. The summed E-state index contributed by atoms with van der Waals surface area (Å²) in [4.78, 5) is 18.6. The Balaban J connectivity index is 1.46. The second kappa shape index (κ2) is 22.4. The van der Waals surface area contributed by atoms with Crippen LogP contribution in [0.5, 0.6) is 0 Å². The van der Waals surface area contributed by atoms with Gasteiger partial charge in [-0.2, -0.15) is 0 Å². The number of halogens is 1. The third-order valence-corrected chi connectivity index (χ3v) is 15.3. The summed E-state index contributed by atoms with van der Waals surface area (Å²) in [6.07, 6.45) is -4.17. The maximum atomic E-state index is 14.6. The van der Waals surface area contributed by atoms with E-state index >= 15 is 0 Å². The second-order valence-corrected chi connectivity index (χ2v) is 20.9. The van der Waals surface area contributed by atoms with Crippen LogP contribution in [-0.4, -0.2) is 175 Å². The monoisotopic (exact) mass is 936 g/mol. The number of aliphatic hydroxyl groups excluding tert-OH is 3. The van der Waals surface area contributed by atoms with Crippen LogP contribution in [0.4, 0.5) is 4.39 Å². The molecule has 66 heavy (non-hydrogen) atoms. The number of carbonyl (C=O) groups excluding carboxylic acids is 1. The standard InChI is InChI=1S/C49H82FN5O11/c1-14-39-49(10,61)42(57)32(6)54(12)26-28(2)24-47(8,60)44(30(4)40(31(5)45(59)65-39)38-25-48(9,62-13)43(58)33(7)64-38)66-46-41(56)37(23-29(3)63-46)53(11)21-20-36-27-55(52-51-36)22-19-34-15-17-35(50)18-16-34/h15-18,27-33,37-44,46,56-58,60-61H,14,19-26H2,1-13H3/t28-,29-,30+,31-,32-,33+,37+,38?,39-,40+,41-,42-,43+,44-,46+,47-,48-,49-/m1/s1. The summed E-state index contributed by atoms with van der Waals surface area (Å²) < 4.78 is 47.3. The van der Waals surface area contributed by atoms with Crippen LogP contribution in [0, 0.1) is 29.5 Å². The normalized spacial score (nSPS) is 41.6. The zero-order valence-electron chi connectivity index (χ0n) is 41.7. The van der Waals surface area contributed by atoms with Gasteiger partial charge in [0.2, 0.25) is 0 Å². The molecule has 18 atom stereocenters. The second-order valence-electron chi connectivity index (χ2n) is 20.9. The Bertz CT molecular complexity index is 1840. The third-order valence-electron chi connectivity index (χ3n) is 15.3. The van der Waals surface area contributed by atoms with Crippen molar-refractivity contribution in [3.8, 4) is 0 Å². The van der Waals surface area contributed by atoms with E-state index in [-0.39, 0.29) is 37.1 Å². The minimum atomic E-state index is -1.81. The molecule has 4 heterocycles. The molecule has 0 bridgehead atoms. The van der Waals surface area contributed by atoms with E-state index in [1.165, 1.54) is 26.2 Å². The number of cyclic esters (lactones) is 1. The van der Waals surface area contributed by atoms with E-state index in [9.17, 15) is 34.7 Å². The van der Waals surface area contributed by atoms with Gasteiger partial charge in [-0.05, 0) is 111 Å². The third kappa shape index (κ3) is 12.6. The molecular weight excluding hydrogens is 854 g/mol. The molecule has 0 spiro atoms. The number of likely N-dealkylation sites (N-methyl/N-ethyl adjacent to an activating group) is 2. The van der Waals surface area contributed by atoms with Crippen molar-refractivity contribution in [2.24, 2.45) is 23.7 Å². The van der Waals surface area contributed by atoms with Crippen molar-refractivity contribution in [2.45, 2.75) is 198 Å². The molecule has 1 aromatic heterocycles. The number of esters is 1. The molecule has 0 aliphatic carbocycles. The number of aryl methyl sites for hydroxylation is 2. The van der Waals surface area contributed by atoms with E-state index in [1.807, 2.05) is 59.8 Å². The fraction of sp³-hybridized carbons (Fsp3) is 0.816. The molecule has 0 amide bonds. The van der Waals surface area contributed by atoms with Crippen LogP contribution in [0.3, 0.4) is 0 Å². The smallest absolute Gasteiger partial charge is 0.309 e. The number of ether oxygens (including phenoxy) is 5. The van der Waals surface area contributed by atoms with Crippen LogP contribution in [0.2, 0.25) is 0 Å². The Hall–Kier alpha value is -2.68. The first kappa shape index (κ1) is 54.3. The molecule has 1 aromatic carbocycles. The first-order valence-corrected chi connectivity index (χ1v) is 24.1. The summed E-state index contributed by atoms with van der Waals surface area (Å²) in [7, 11) is 5.32. The van der Waals surface area contributed by atoms with Crippen LogP contribution in [0.25, 0.3) is 0 Å². The highest BCUT2D eigenvalue weighted by atomic mass is 19.1. The molecule has 1 unspecified atom stereocenters. The lowest BCUT2D eigenvalue weighted by atomic mass is 9.68. The van der Waals surface area contributed by atoms with Gasteiger partial charge in [0.25, 0.3) is 0 Å². The first-order chi connectivity index (χ1) is 30.8. The largest absolute Gasteiger partial charge is 0.459 e. The molecule has 376 valence electrons. The maximum Gasteiger partial charge on any atom is 0.309 e. The molecule has 5 N–H and O–H groups in total. The lowest BCUT2D eigenvalue weighted by Gasteiger charge is -2.51. The number of hydrogen-bond donors (Lipinski definition) is 5. The molecule has 16 nitrogen and oxygen atoms in total. The fourth-order valence-electron chi connectivity index (χ4n) is 11.1. The molecule has 3 aliphatic heterocycles. The summed E-state index contributed by atoms with van der Waals surface area (Å²) in [6.45, 7) is 19.5. The van der Waals surface area contributed by atoms with E-state index in [2.05, 4.69) is 15.2 Å². The minimum Gasteiger partial charge on any atom is -0.459 e. The molecular formula is C49H82FN5O11. The average Bonchev–Trinajstić information content (AvgIpc) is 3.72. The van der Waals surface area contributed by atoms with Crippen molar-refractivity contribution in [2.75, 3.05) is 34.3 Å². The van der Waals surface area contributed by atoms with Crippen LogP contribution in [0.1, 0.15) is 106 Å². The molecule has 3 saturated heterocycles. The van der Waals surface area contributed by atoms with E-state index in [0.717, 1.165) is 11.3 Å². The van der Waals surface area contributed by atoms with Crippen molar-refractivity contribution in [3.63, 3.8) is 0 Å². The van der Waals surface area contributed by atoms with Crippen molar-refractivity contribution >= 4 is 5.97 Å².